The van der Waals surface area contributed by atoms with Gasteiger partial charge >= 0.3 is 0 Å². The van der Waals surface area contributed by atoms with Gasteiger partial charge in [0.15, 0.2) is 11.5 Å². The molecule has 1 amide bonds. The van der Waals surface area contributed by atoms with Crippen LogP contribution in [0, 0.1) is 11.8 Å². The number of carbonyl (C=O) groups is 1. The first-order valence-electron chi connectivity index (χ1n) is 12.3. The van der Waals surface area contributed by atoms with Gasteiger partial charge in [-0.2, -0.15) is 0 Å². The zero-order chi connectivity index (χ0) is 24.9. The Balaban J connectivity index is 1.55. The highest BCUT2D eigenvalue weighted by Crippen LogP contribution is 2.40. The number of piperidine rings is 1. The smallest absolute Gasteiger partial charge is 0.220 e. The van der Waals surface area contributed by atoms with Gasteiger partial charge in [-0.05, 0) is 72.0 Å². The Morgan fingerprint density at radius 3 is 2.65 bits per heavy atom. The minimum atomic E-state index is 0.0248. The second-order valence-electron chi connectivity index (χ2n) is 10.3. The summed E-state index contributed by atoms with van der Waals surface area (Å²) in [6.07, 6.45) is 2.00. The molecule has 0 radical (unpaired) electrons. The molecular formula is C28H40N2O4. The van der Waals surface area contributed by atoms with Crippen LogP contribution in [-0.4, -0.2) is 53.8 Å². The Labute approximate surface area is 203 Å². The molecule has 0 spiro atoms. The molecule has 186 valence electrons. The minimum absolute atomic E-state index is 0.0248. The molecule has 6 heteroatoms. The van der Waals surface area contributed by atoms with Crippen LogP contribution in [0.5, 0.6) is 17.2 Å². The van der Waals surface area contributed by atoms with E-state index in [9.17, 15) is 15.0 Å². The maximum Gasteiger partial charge on any atom is 0.220 e. The van der Waals surface area contributed by atoms with Gasteiger partial charge in [0.25, 0.3) is 0 Å². The quantitative estimate of drug-likeness (QED) is 0.506. The predicted octanol–water partition coefficient (Wildman–Crippen LogP) is 4.48. The number of aromatic hydroxyl groups is 2. The number of benzene rings is 2. The molecule has 34 heavy (non-hydrogen) atoms. The number of aryl methyl sites for hydroxylation is 1. The van der Waals surface area contributed by atoms with E-state index in [4.69, 9.17) is 4.74 Å². The van der Waals surface area contributed by atoms with Crippen LogP contribution in [0.4, 0.5) is 0 Å². The second-order valence-corrected chi connectivity index (χ2v) is 10.3. The molecule has 1 saturated heterocycles. The van der Waals surface area contributed by atoms with Gasteiger partial charge in [0.1, 0.15) is 5.75 Å². The third-order valence-electron chi connectivity index (χ3n) is 7.56. The molecule has 2 aromatic rings. The fourth-order valence-corrected chi connectivity index (χ4v) is 4.89. The van der Waals surface area contributed by atoms with Crippen molar-refractivity contribution in [2.75, 3.05) is 26.7 Å². The summed E-state index contributed by atoms with van der Waals surface area (Å²) in [6.45, 7) is 11.6. The summed E-state index contributed by atoms with van der Waals surface area (Å²) in [6, 6.07) is 12.9. The van der Waals surface area contributed by atoms with Crippen molar-refractivity contribution in [1.82, 2.24) is 10.2 Å². The minimum Gasteiger partial charge on any atom is -0.508 e. The van der Waals surface area contributed by atoms with Crippen molar-refractivity contribution in [3.8, 4) is 17.2 Å². The monoisotopic (exact) mass is 468 g/mol. The number of rotatable bonds is 9. The number of phenolic OH excluding ortho intramolecular Hbond substituents is 2. The predicted molar refractivity (Wildman–Crippen MR) is 135 cm³/mol. The summed E-state index contributed by atoms with van der Waals surface area (Å²) in [4.78, 5) is 15.2. The van der Waals surface area contributed by atoms with Crippen molar-refractivity contribution in [2.24, 2.45) is 11.8 Å². The van der Waals surface area contributed by atoms with E-state index in [0.29, 0.717) is 36.2 Å². The lowest BCUT2D eigenvalue weighted by atomic mass is 9.68. The van der Waals surface area contributed by atoms with Gasteiger partial charge in [0, 0.05) is 25.6 Å². The van der Waals surface area contributed by atoms with Crippen LogP contribution in [-0.2, 0) is 16.6 Å². The Morgan fingerprint density at radius 2 is 2.00 bits per heavy atom. The van der Waals surface area contributed by atoms with E-state index in [0.717, 1.165) is 31.6 Å². The highest BCUT2D eigenvalue weighted by molar-refractivity contribution is 5.76. The highest BCUT2D eigenvalue weighted by atomic mass is 16.5. The standard InChI is InChI=1S/C28H40N2O4/c1-19(2)24(29-27(33)12-10-21-9-11-25(32)26(15-21)34-5)18-30-14-13-28(4,20(3)17-30)22-7-6-8-23(31)16-22/h6-9,11,15-16,19-20,24,31-32H,10,12-14,17-18H2,1-5H3,(H,29,33)/t20-,24+,28+/m0/s1. The molecule has 0 saturated carbocycles. The molecule has 0 aromatic heterocycles. The van der Waals surface area contributed by atoms with E-state index < -0.39 is 0 Å². The SMILES string of the molecule is COc1cc(CCC(=O)N[C@H](CN2CC[C@@](C)(c3cccc(O)c3)[C@@H](C)C2)C(C)C)ccc1O. The summed E-state index contributed by atoms with van der Waals surface area (Å²) in [5.41, 5.74) is 2.18. The van der Waals surface area contributed by atoms with Crippen LogP contribution in [0.1, 0.15) is 51.7 Å². The van der Waals surface area contributed by atoms with E-state index in [-0.39, 0.29) is 23.1 Å². The van der Waals surface area contributed by atoms with E-state index in [2.05, 4.69) is 44.0 Å². The van der Waals surface area contributed by atoms with Crippen LogP contribution in [0.25, 0.3) is 0 Å². The molecule has 1 heterocycles. The fourth-order valence-electron chi connectivity index (χ4n) is 4.89. The van der Waals surface area contributed by atoms with Crippen molar-refractivity contribution >= 4 is 5.91 Å². The topological polar surface area (TPSA) is 82.0 Å². The van der Waals surface area contributed by atoms with E-state index in [1.165, 1.54) is 12.7 Å². The van der Waals surface area contributed by atoms with Crippen LogP contribution in [0.15, 0.2) is 42.5 Å². The lowest BCUT2D eigenvalue weighted by Crippen LogP contribution is -2.53. The van der Waals surface area contributed by atoms with Gasteiger partial charge in [0.2, 0.25) is 5.91 Å². The van der Waals surface area contributed by atoms with Crippen molar-refractivity contribution in [2.45, 2.75) is 58.4 Å². The highest BCUT2D eigenvalue weighted by Gasteiger charge is 2.38. The molecule has 3 N–H and O–H groups in total. The molecule has 6 nitrogen and oxygen atoms in total. The Morgan fingerprint density at radius 1 is 1.24 bits per heavy atom. The fraction of sp³-hybridized carbons (Fsp3) is 0.536. The van der Waals surface area contributed by atoms with Crippen molar-refractivity contribution in [3.63, 3.8) is 0 Å². The number of ether oxygens (including phenoxy) is 1. The van der Waals surface area contributed by atoms with E-state index in [1.807, 2.05) is 18.2 Å². The van der Waals surface area contributed by atoms with E-state index >= 15 is 0 Å². The zero-order valence-electron chi connectivity index (χ0n) is 21.2. The van der Waals surface area contributed by atoms with Crippen LogP contribution < -0.4 is 10.1 Å². The van der Waals surface area contributed by atoms with Gasteiger partial charge in [-0.15, -0.1) is 0 Å². The number of hydrogen-bond donors (Lipinski definition) is 3. The summed E-state index contributed by atoms with van der Waals surface area (Å²) >= 11 is 0. The summed E-state index contributed by atoms with van der Waals surface area (Å²) in [5, 5.41) is 23.0. The third-order valence-corrected chi connectivity index (χ3v) is 7.56. The molecule has 0 unspecified atom stereocenters. The molecule has 0 bridgehead atoms. The van der Waals surface area contributed by atoms with Crippen molar-refractivity contribution < 1.29 is 19.7 Å². The van der Waals surface area contributed by atoms with Gasteiger partial charge in [-0.1, -0.05) is 45.9 Å². The number of methoxy groups -OCH3 is 1. The third kappa shape index (κ3) is 6.23. The molecule has 1 fully saturated rings. The maximum atomic E-state index is 12.7. The van der Waals surface area contributed by atoms with Crippen LogP contribution in [0.3, 0.4) is 0 Å². The average molecular weight is 469 g/mol. The Hall–Kier alpha value is -2.73. The first-order valence-corrected chi connectivity index (χ1v) is 12.3. The largest absolute Gasteiger partial charge is 0.508 e. The molecule has 3 rings (SSSR count). The number of likely N-dealkylation sites (tertiary alicyclic amines) is 1. The Bertz CT molecular complexity index is 977. The zero-order valence-corrected chi connectivity index (χ0v) is 21.2. The van der Waals surface area contributed by atoms with Crippen molar-refractivity contribution in [1.29, 1.82) is 0 Å². The maximum absolute atomic E-state index is 12.7. The lowest BCUT2D eigenvalue weighted by molar-refractivity contribution is -0.122. The number of phenols is 2. The number of nitrogens with one attached hydrogen (secondary N) is 1. The number of hydrogen-bond acceptors (Lipinski definition) is 5. The van der Waals surface area contributed by atoms with Gasteiger partial charge < -0.3 is 25.2 Å². The Kier molecular flexibility index (Phi) is 8.47. The van der Waals surface area contributed by atoms with Gasteiger partial charge in [0.05, 0.1) is 7.11 Å². The summed E-state index contributed by atoms with van der Waals surface area (Å²) < 4.78 is 5.16. The van der Waals surface area contributed by atoms with Crippen LogP contribution in [0.2, 0.25) is 0 Å². The molecule has 1 aliphatic rings. The van der Waals surface area contributed by atoms with Crippen molar-refractivity contribution in [3.05, 3.63) is 53.6 Å². The number of carbonyl (C=O) groups excluding carboxylic acids is 1. The van der Waals surface area contributed by atoms with Gasteiger partial charge in [-0.25, -0.2) is 0 Å². The number of amides is 1. The molecule has 3 atom stereocenters. The first kappa shape index (κ1) is 25.9. The van der Waals surface area contributed by atoms with E-state index in [1.54, 1.807) is 18.2 Å². The molecule has 0 aliphatic carbocycles. The summed E-state index contributed by atoms with van der Waals surface area (Å²) in [7, 11) is 1.52. The average Bonchev–Trinajstić information content (AvgIpc) is 2.80. The second kappa shape index (κ2) is 11.1. The summed E-state index contributed by atoms with van der Waals surface area (Å²) in [5.74, 6) is 1.65. The normalized spacial score (nSPS) is 21.9. The van der Waals surface area contributed by atoms with Gasteiger partial charge in [-0.3, -0.25) is 4.79 Å². The number of nitrogens with zero attached hydrogens (tertiary/aromatic N) is 1. The lowest BCUT2D eigenvalue weighted by Gasteiger charge is -2.46. The van der Waals surface area contributed by atoms with Crippen LogP contribution >= 0.6 is 0 Å². The first-order chi connectivity index (χ1) is 16.1. The molecule has 2 aromatic carbocycles. The molecule has 1 aliphatic heterocycles. The molecular weight excluding hydrogens is 428 g/mol.